The Labute approximate surface area is 162 Å². The Morgan fingerprint density at radius 3 is 2.54 bits per heavy atom. The average molecular weight is 385 g/mol. The molecule has 1 aromatic heterocycles. The van der Waals surface area contributed by atoms with Gasteiger partial charge >= 0.3 is 0 Å². The molecule has 0 spiro atoms. The van der Waals surface area contributed by atoms with Crippen LogP contribution in [0.1, 0.15) is 11.1 Å². The van der Waals surface area contributed by atoms with Gasteiger partial charge in [-0.15, -0.1) is 0 Å². The molecule has 0 aliphatic carbocycles. The lowest BCUT2D eigenvalue weighted by atomic mass is 10.2. The minimum atomic E-state index is 0.289. The van der Waals surface area contributed by atoms with Crippen LogP contribution in [0.4, 0.5) is 5.82 Å². The molecule has 2 N–H and O–H groups in total. The molecule has 5 nitrogen and oxygen atoms in total. The molecule has 3 aromatic rings. The first kappa shape index (κ1) is 18.1. The zero-order valence-corrected chi connectivity index (χ0v) is 15.4. The summed E-state index contributed by atoms with van der Waals surface area (Å²) in [5.41, 5.74) is 2.00. The largest absolute Gasteiger partial charge is 0.470 e. The standard InChI is InChI=1S/C19H17ClN4OS/c20-16-9-5-4-8-15(16)13-25-18-17(21-10-11-22-18)24-19(26)23-12-14-6-2-1-3-7-14/h1-11H,12-13H2,(H2,21,23,24,26). The quantitative estimate of drug-likeness (QED) is 0.621. The van der Waals surface area contributed by atoms with E-state index in [2.05, 4.69) is 20.6 Å². The first-order chi connectivity index (χ1) is 12.7. The number of thiocarbonyl (C=S) groups is 1. The van der Waals surface area contributed by atoms with Crippen molar-refractivity contribution in [1.82, 2.24) is 15.3 Å². The summed E-state index contributed by atoms with van der Waals surface area (Å²) >= 11 is 11.5. The van der Waals surface area contributed by atoms with Gasteiger partial charge in [0.2, 0.25) is 0 Å². The number of anilines is 1. The number of ether oxygens (including phenoxy) is 1. The van der Waals surface area contributed by atoms with Crippen LogP contribution in [-0.2, 0) is 13.2 Å². The minimum Gasteiger partial charge on any atom is -0.470 e. The first-order valence-electron chi connectivity index (χ1n) is 7.98. The van der Waals surface area contributed by atoms with Crippen molar-refractivity contribution in [2.24, 2.45) is 0 Å². The molecule has 132 valence electrons. The molecular formula is C19H17ClN4OS. The van der Waals surface area contributed by atoms with Crippen molar-refractivity contribution >= 4 is 34.7 Å². The smallest absolute Gasteiger partial charge is 0.258 e. The van der Waals surface area contributed by atoms with Gasteiger partial charge in [0.05, 0.1) is 0 Å². The second-order valence-corrected chi connectivity index (χ2v) is 6.20. The highest BCUT2D eigenvalue weighted by molar-refractivity contribution is 7.80. The van der Waals surface area contributed by atoms with Crippen molar-refractivity contribution in [1.29, 1.82) is 0 Å². The molecule has 7 heteroatoms. The van der Waals surface area contributed by atoms with Crippen LogP contribution in [0.2, 0.25) is 5.02 Å². The monoisotopic (exact) mass is 384 g/mol. The van der Waals surface area contributed by atoms with E-state index in [1.165, 1.54) is 0 Å². The van der Waals surface area contributed by atoms with Gasteiger partial charge in [-0.1, -0.05) is 60.1 Å². The van der Waals surface area contributed by atoms with Crippen molar-refractivity contribution in [3.63, 3.8) is 0 Å². The summed E-state index contributed by atoms with van der Waals surface area (Å²) in [6, 6.07) is 17.5. The van der Waals surface area contributed by atoms with E-state index in [4.69, 9.17) is 28.6 Å². The maximum Gasteiger partial charge on any atom is 0.258 e. The molecule has 0 atom stereocenters. The van der Waals surface area contributed by atoms with Gasteiger partial charge in [-0.2, -0.15) is 0 Å². The zero-order valence-electron chi connectivity index (χ0n) is 13.9. The molecule has 0 amide bonds. The molecular weight excluding hydrogens is 368 g/mol. The van der Waals surface area contributed by atoms with E-state index in [0.29, 0.717) is 28.4 Å². The van der Waals surface area contributed by atoms with E-state index in [-0.39, 0.29) is 6.61 Å². The van der Waals surface area contributed by atoms with Crippen molar-refractivity contribution < 1.29 is 4.74 Å². The minimum absolute atomic E-state index is 0.289. The molecule has 1 heterocycles. The Hall–Kier alpha value is -2.70. The van der Waals surface area contributed by atoms with Gasteiger partial charge in [0.1, 0.15) is 6.61 Å². The third kappa shape index (κ3) is 5.15. The number of rotatable bonds is 6. The zero-order chi connectivity index (χ0) is 18.2. The fourth-order valence-corrected chi connectivity index (χ4v) is 2.57. The predicted molar refractivity (Wildman–Crippen MR) is 107 cm³/mol. The summed E-state index contributed by atoms with van der Waals surface area (Å²) in [5.74, 6) is 0.807. The second kappa shape index (κ2) is 9.12. The van der Waals surface area contributed by atoms with Crippen molar-refractivity contribution in [3.05, 3.63) is 83.1 Å². The lowest BCUT2D eigenvalue weighted by Gasteiger charge is -2.13. The molecule has 0 saturated carbocycles. The molecule has 2 aromatic carbocycles. The highest BCUT2D eigenvalue weighted by Crippen LogP contribution is 2.21. The number of nitrogens with one attached hydrogen (secondary N) is 2. The summed E-state index contributed by atoms with van der Waals surface area (Å²) in [6.07, 6.45) is 3.14. The summed E-state index contributed by atoms with van der Waals surface area (Å²) in [4.78, 5) is 8.47. The third-order valence-electron chi connectivity index (χ3n) is 3.51. The Kier molecular flexibility index (Phi) is 6.35. The summed E-state index contributed by atoms with van der Waals surface area (Å²) in [7, 11) is 0. The average Bonchev–Trinajstić information content (AvgIpc) is 2.68. The number of hydrogen-bond acceptors (Lipinski definition) is 4. The van der Waals surface area contributed by atoms with Gasteiger partial charge in [-0.05, 0) is 23.8 Å². The SMILES string of the molecule is S=C(NCc1ccccc1)Nc1nccnc1OCc1ccccc1Cl. The van der Waals surface area contributed by atoms with Crippen LogP contribution in [0.15, 0.2) is 67.0 Å². The molecule has 0 radical (unpaired) electrons. The van der Waals surface area contributed by atoms with Crippen molar-refractivity contribution in [2.75, 3.05) is 5.32 Å². The summed E-state index contributed by atoms with van der Waals surface area (Å²) in [6.45, 7) is 0.903. The topological polar surface area (TPSA) is 59.1 Å². The van der Waals surface area contributed by atoms with Crippen LogP contribution >= 0.6 is 23.8 Å². The van der Waals surface area contributed by atoms with Gasteiger partial charge in [0.15, 0.2) is 10.9 Å². The van der Waals surface area contributed by atoms with Crippen LogP contribution in [-0.4, -0.2) is 15.1 Å². The molecule has 0 saturated heterocycles. The van der Waals surface area contributed by atoms with Crippen LogP contribution < -0.4 is 15.4 Å². The Bertz CT molecular complexity index is 876. The maximum absolute atomic E-state index is 6.15. The van der Waals surface area contributed by atoms with Crippen LogP contribution in [0.3, 0.4) is 0 Å². The lowest BCUT2D eigenvalue weighted by Crippen LogP contribution is -2.28. The Morgan fingerprint density at radius 2 is 1.73 bits per heavy atom. The van der Waals surface area contributed by atoms with E-state index >= 15 is 0 Å². The van der Waals surface area contributed by atoms with E-state index < -0.39 is 0 Å². The van der Waals surface area contributed by atoms with Crippen LogP contribution in [0.5, 0.6) is 5.88 Å². The molecule has 0 aliphatic rings. The summed E-state index contributed by atoms with van der Waals surface area (Å²) < 4.78 is 5.76. The van der Waals surface area contributed by atoms with Gasteiger partial charge in [0.25, 0.3) is 5.88 Å². The van der Waals surface area contributed by atoms with Gasteiger partial charge in [0, 0.05) is 29.5 Å². The van der Waals surface area contributed by atoms with Crippen LogP contribution in [0.25, 0.3) is 0 Å². The maximum atomic E-state index is 6.15. The molecule has 0 unspecified atom stereocenters. The van der Waals surface area contributed by atoms with Gasteiger partial charge in [-0.3, -0.25) is 0 Å². The number of hydrogen-bond donors (Lipinski definition) is 2. The fourth-order valence-electron chi connectivity index (χ4n) is 2.21. The lowest BCUT2D eigenvalue weighted by molar-refractivity contribution is 0.294. The first-order valence-corrected chi connectivity index (χ1v) is 8.77. The van der Waals surface area contributed by atoms with E-state index in [9.17, 15) is 0 Å². The van der Waals surface area contributed by atoms with E-state index in [1.807, 2.05) is 54.6 Å². The Morgan fingerprint density at radius 1 is 1.00 bits per heavy atom. The number of benzene rings is 2. The fraction of sp³-hybridized carbons (Fsp3) is 0.105. The highest BCUT2D eigenvalue weighted by Gasteiger charge is 2.09. The molecule has 3 rings (SSSR count). The molecule has 0 fully saturated rings. The van der Waals surface area contributed by atoms with Crippen molar-refractivity contribution in [3.8, 4) is 5.88 Å². The number of nitrogens with zero attached hydrogens (tertiary/aromatic N) is 2. The van der Waals surface area contributed by atoms with E-state index in [1.54, 1.807) is 12.4 Å². The molecule has 0 bridgehead atoms. The highest BCUT2D eigenvalue weighted by atomic mass is 35.5. The molecule has 0 aliphatic heterocycles. The van der Waals surface area contributed by atoms with Crippen molar-refractivity contribution in [2.45, 2.75) is 13.2 Å². The number of aromatic nitrogens is 2. The van der Waals surface area contributed by atoms with E-state index in [0.717, 1.165) is 11.1 Å². The van der Waals surface area contributed by atoms with Crippen LogP contribution in [0, 0.1) is 0 Å². The summed E-state index contributed by atoms with van der Waals surface area (Å²) in [5, 5.41) is 7.24. The normalized spacial score (nSPS) is 10.2. The second-order valence-electron chi connectivity index (χ2n) is 5.38. The van der Waals surface area contributed by atoms with Gasteiger partial charge in [-0.25, -0.2) is 9.97 Å². The third-order valence-corrected chi connectivity index (χ3v) is 4.13. The van der Waals surface area contributed by atoms with Gasteiger partial charge < -0.3 is 15.4 Å². The predicted octanol–water partition coefficient (Wildman–Crippen LogP) is 4.20. The number of halogens is 1. The Balaban J connectivity index is 1.60. The molecule has 26 heavy (non-hydrogen) atoms.